The van der Waals surface area contributed by atoms with E-state index in [1.807, 2.05) is 0 Å². The molecule has 0 radical (unpaired) electrons. The lowest BCUT2D eigenvalue weighted by Gasteiger charge is -2.61. The third-order valence-electron chi connectivity index (χ3n) is 10.8. The van der Waals surface area contributed by atoms with Crippen LogP contribution < -0.4 is 0 Å². The van der Waals surface area contributed by atoms with Crippen LogP contribution >= 0.6 is 15.9 Å². The lowest BCUT2D eigenvalue weighted by molar-refractivity contribution is -0.123. The number of rotatable bonds is 5. The molecule has 4 rings (SSSR count). The van der Waals surface area contributed by atoms with Gasteiger partial charge in [-0.2, -0.15) is 0 Å². The summed E-state index contributed by atoms with van der Waals surface area (Å²) in [4.78, 5) is 13.0. The van der Waals surface area contributed by atoms with E-state index < -0.39 is 0 Å². The van der Waals surface area contributed by atoms with Gasteiger partial charge in [-0.25, -0.2) is 0 Å². The molecule has 4 aliphatic carbocycles. The molecule has 0 N–H and O–H groups in total. The standard InChI is InChI=1S/C27H45BrO/c1-17(2)25(29)13-6-18(3)22-11-12-23-21-10-8-19-7-9-20(28)16-27(19,5)24(21)14-15-26(22,23)4/h17-24H,6-16H2,1-5H3/t18-,19?,20+,21+,22-,23+,24+,26-,27+/m1/s1. The van der Waals surface area contributed by atoms with E-state index >= 15 is 0 Å². The van der Waals surface area contributed by atoms with Gasteiger partial charge in [0.05, 0.1) is 0 Å². The summed E-state index contributed by atoms with van der Waals surface area (Å²) in [6.45, 7) is 11.9. The molecule has 2 heteroatoms. The molecule has 0 aromatic heterocycles. The molecule has 4 fully saturated rings. The summed E-state index contributed by atoms with van der Waals surface area (Å²) in [5.41, 5.74) is 1.12. The number of hydrogen-bond acceptors (Lipinski definition) is 1. The Morgan fingerprint density at radius 1 is 0.931 bits per heavy atom. The number of alkyl halides is 1. The Kier molecular flexibility index (Phi) is 6.36. The van der Waals surface area contributed by atoms with Crippen molar-refractivity contribution in [1.29, 1.82) is 0 Å². The van der Waals surface area contributed by atoms with E-state index in [1.54, 1.807) is 0 Å². The number of carbonyl (C=O) groups is 1. The van der Waals surface area contributed by atoms with Gasteiger partial charge in [0.25, 0.3) is 0 Å². The van der Waals surface area contributed by atoms with Crippen LogP contribution in [0.15, 0.2) is 0 Å². The monoisotopic (exact) mass is 464 g/mol. The fraction of sp³-hybridized carbons (Fsp3) is 0.963. The maximum absolute atomic E-state index is 12.2. The highest BCUT2D eigenvalue weighted by molar-refractivity contribution is 9.09. The van der Waals surface area contributed by atoms with Gasteiger partial charge in [0.15, 0.2) is 0 Å². The fourth-order valence-electron chi connectivity index (χ4n) is 9.12. The third-order valence-corrected chi connectivity index (χ3v) is 11.6. The second-order valence-electron chi connectivity index (χ2n) is 12.4. The zero-order valence-corrected chi connectivity index (χ0v) is 21.3. The Bertz CT molecular complexity index is 614. The van der Waals surface area contributed by atoms with Gasteiger partial charge in [0.2, 0.25) is 0 Å². The molecule has 166 valence electrons. The van der Waals surface area contributed by atoms with Gasteiger partial charge in [-0.15, -0.1) is 0 Å². The van der Waals surface area contributed by atoms with Crippen LogP contribution in [-0.2, 0) is 4.79 Å². The van der Waals surface area contributed by atoms with Crippen molar-refractivity contribution in [1.82, 2.24) is 0 Å². The van der Waals surface area contributed by atoms with Gasteiger partial charge >= 0.3 is 0 Å². The van der Waals surface area contributed by atoms with E-state index in [0.717, 1.165) is 47.3 Å². The number of halogens is 1. The number of ketones is 1. The van der Waals surface area contributed by atoms with Gasteiger partial charge in [0, 0.05) is 17.2 Å². The molecule has 9 atom stereocenters. The van der Waals surface area contributed by atoms with E-state index in [9.17, 15) is 4.79 Å². The highest BCUT2D eigenvalue weighted by Gasteiger charge is 2.60. The molecular formula is C27H45BrO. The zero-order valence-electron chi connectivity index (χ0n) is 19.7. The predicted molar refractivity (Wildman–Crippen MR) is 126 cm³/mol. The van der Waals surface area contributed by atoms with Gasteiger partial charge in [0.1, 0.15) is 5.78 Å². The molecule has 0 heterocycles. The predicted octanol–water partition coefficient (Wildman–Crippen LogP) is 8.05. The summed E-state index contributed by atoms with van der Waals surface area (Å²) in [5.74, 6) is 6.09. The number of Topliss-reactive ketones (excluding diaryl/α,β-unsaturated/α-hetero) is 1. The lowest BCUT2D eigenvalue weighted by atomic mass is 9.44. The highest BCUT2D eigenvalue weighted by Crippen LogP contribution is 2.68. The van der Waals surface area contributed by atoms with Crippen LogP contribution in [0.3, 0.4) is 0 Å². The van der Waals surface area contributed by atoms with Crippen molar-refractivity contribution in [3.8, 4) is 0 Å². The van der Waals surface area contributed by atoms with E-state index in [4.69, 9.17) is 0 Å². The van der Waals surface area contributed by atoms with Gasteiger partial charge in [-0.3, -0.25) is 4.79 Å². The van der Waals surface area contributed by atoms with E-state index in [1.165, 1.54) is 57.8 Å². The molecule has 0 spiro atoms. The first-order valence-electron chi connectivity index (χ1n) is 12.8. The topological polar surface area (TPSA) is 17.1 Å². The average molecular weight is 466 g/mol. The summed E-state index contributed by atoms with van der Waals surface area (Å²) >= 11 is 4.01. The minimum absolute atomic E-state index is 0.203. The number of carbonyl (C=O) groups excluding carboxylic acids is 1. The summed E-state index contributed by atoms with van der Waals surface area (Å²) in [6.07, 6.45) is 15.0. The van der Waals surface area contributed by atoms with Crippen LogP contribution in [0.5, 0.6) is 0 Å². The molecule has 0 aromatic carbocycles. The summed E-state index contributed by atoms with van der Waals surface area (Å²) in [7, 11) is 0. The van der Waals surface area contributed by atoms with Crippen molar-refractivity contribution < 1.29 is 4.79 Å². The molecule has 4 aliphatic rings. The molecule has 1 nitrogen and oxygen atoms in total. The molecule has 0 aromatic rings. The van der Waals surface area contributed by atoms with Crippen molar-refractivity contribution in [3.05, 3.63) is 0 Å². The van der Waals surface area contributed by atoms with Crippen LogP contribution in [0.2, 0.25) is 0 Å². The van der Waals surface area contributed by atoms with Crippen LogP contribution in [0.25, 0.3) is 0 Å². The van der Waals surface area contributed by atoms with Crippen molar-refractivity contribution in [3.63, 3.8) is 0 Å². The van der Waals surface area contributed by atoms with Crippen LogP contribution in [0.1, 0.15) is 105 Å². The van der Waals surface area contributed by atoms with Crippen LogP contribution in [0.4, 0.5) is 0 Å². The number of hydrogen-bond donors (Lipinski definition) is 0. The summed E-state index contributed by atoms with van der Waals surface area (Å²) in [5, 5.41) is 0. The number of fused-ring (bicyclic) bond motifs is 5. The Hall–Kier alpha value is 0.150. The molecular weight excluding hydrogens is 420 g/mol. The smallest absolute Gasteiger partial charge is 0.135 e. The minimum Gasteiger partial charge on any atom is -0.299 e. The zero-order chi connectivity index (χ0) is 21.0. The fourth-order valence-corrected chi connectivity index (χ4v) is 10.1. The quantitative estimate of drug-likeness (QED) is 0.375. The normalized spacial score (nSPS) is 48.0. The Balaban J connectivity index is 1.47. The first-order chi connectivity index (χ1) is 13.7. The Labute approximate surface area is 188 Å². The molecule has 29 heavy (non-hydrogen) atoms. The van der Waals surface area contributed by atoms with E-state index in [0.29, 0.717) is 22.5 Å². The highest BCUT2D eigenvalue weighted by atomic mass is 79.9. The molecule has 4 saturated carbocycles. The maximum Gasteiger partial charge on any atom is 0.135 e. The van der Waals surface area contributed by atoms with E-state index in [-0.39, 0.29) is 5.92 Å². The SMILES string of the molecule is CC(C)C(=O)CC[C@@H](C)[C@H]1CC[C@H]2[C@@H]3CCC4CC[C@H](Br)C[C@]4(C)[C@H]3CC[C@]12C. The first kappa shape index (κ1) is 22.3. The van der Waals surface area contributed by atoms with Crippen molar-refractivity contribution >= 4 is 21.7 Å². The summed E-state index contributed by atoms with van der Waals surface area (Å²) in [6, 6.07) is 0. The van der Waals surface area contributed by atoms with Gasteiger partial charge in [-0.1, -0.05) is 50.5 Å². The van der Waals surface area contributed by atoms with Crippen molar-refractivity contribution in [2.24, 2.45) is 52.3 Å². The van der Waals surface area contributed by atoms with Gasteiger partial charge in [-0.05, 0) is 111 Å². The second-order valence-corrected chi connectivity index (χ2v) is 13.7. The van der Waals surface area contributed by atoms with Crippen LogP contribution in [0, 0.1) is 52.3 Å². The first-order valence-corrected chi connectivity index (χ1v) is 13.7. The molecule has 0 amide bonds. The Morgan fingerprint density at radius 3 is 2.34 bits per heavy atom. The van der Waals surface area contributed by atoms with Crippen molar-refractivity contribution in [2.75, 3.05) is 0 Å². The minimum atomic E-state index is 0.203. The van der Waals surface area contributed by atoms with Crippen LogP contribution in [-0.4, -0.2) is 10.6 Å². The molecule has 0 bridgehead atoms. The summed E-state index contributed by atoms with van der Waals surface area (Å²) < 4.78 is 0. The van der Waals surface area contributed by atoms with E-state index in [2.05, 4.69) is 50.5 Å². The maximum atomic E-state index is 12.2. The Morgan fingerprint density at radius 2 is 1.62 bits per heavy atom. The molecule has 0 aliphatic heterocycles. The second kappa shape index (κ2) is 8.25. The lowest BCUT2D eigenvalue weighted by Crippen LogP contribution is -2.54. The largest absolute Gasteiger partial charge is 0.299 e. The average Bonchev–Trinajstić information content (AvgIpc) is 3.02. The van der Waals surface area contributed by atoms with Gasteiger partial charge < -0.3 is 0 Å². The third kappa shape index (κ3) is 3.80. The molecule has 0 saturated heterocycles. The van der Waals surface area contributed by atoms with Crippen molar-refractivity contribution in [2.45, 2.75) is 110 Å². The molecule has 1 unspecified atom stereocenters.